The summed E-state index contributed by atoms with van der Waals surface area (Å²) < 4.78 is 34.7. The molecule has 0 saturated heterocycles. The number of hydrogen-bond acceptors (Lipinski definition) is 6. The molecule has 1 aliphatic heterocycles. The number of urea groups is 1. The van der Waals surface area contributed by atoms with E-state index in [0.717, 1.165) is 25.7 Å². The molecule has 4 rings (SSSR count). The Hall–Kier alpha value is -3.31. The van der Waals surface area contributed by atoms with Gasteiger partial charge in [-0.15, -0.1) is 0 Å². The van der Waals surface area contributed by atoms with E-state index in [1.807, 2.05) is 6.92 Å². The lowest BCUT2D eigenvalue weighted by Crippen LogP contribution is -2.52. The summed E-state index contributed by atoms with van der Waals surface area (Å²) in [5.74, 6) is -0.237. The lowest BCUT2D eigenvalue weighted by atomic mass is 9.96. The van der Waals surface area contributed by atoms with Crippen LogP contribution in [0.2, 0.25) is 0 Å². The maximum absolute atomic E-state index is 13.7. The van der Waals surface area contributed by atoms with Crippen LogP contribution in [0.3, 0.4) is 0 Å². The number of amides is 3. The molecule has 3 N–H and O–H groups in total. The van der Waals surface area contributed by atoms with Crippen molar-refractivity contribution in [3.63, 3.8) is 0 Å². The number of carbonyl (C=O) groups excluding carboxylic acids is 2. The third kappa shape index (κ3) is 7.06. The SMILES string of the molecule is C[C@H]1CN([C@@H](C)CO)C(=O)c2cc(NS(=O)(=O)c3ccccc3)ccc2O[C@@H]1CN(C)C(=O)NC1CCCCC1. The summed E-state index contributed by atoms with van der Waals surface area (Å²) in [5, 5.41) is 13.0. The number of nitrogens with one attached hydrogen (secondary N) is 2. The minimum atomic E-state index is -3.87. The number of likely N-dealkylation sites (N-methyl/N-ethyl adjacent to an activating group) is 1. The topological polar surface area (TPSA) is 128 Å². The molecule has 0 bridgehead atoms. The van der Waals surface area contributed by atoms with Crippen LogP contribution in [0.4, 0.5) is 10.5 Å². The first-order valence-electron chi connectivity index (χ1n) is 13.9. The highest BCUT2D eigenvalue weighted by atomic mass is 32.2. The Morgan fingerprint density at radius 2 is 1.85 bits per heavy atom. The van der Waals surface area contributed by atoms with Crippen molar-refractivity contribution in [3.8, 4) is 5.75 Å². The summed E-state index contributed by atoms with van der Waals surface area (Å²) in [6, 6.07) is 12.1. The number of fused-ring (bicyclic) bond motifs is 1. The third-order valence-electron chi connectivity index (χ3n) is 7.70. The average molecular weight is 573 g/mol. The molecule has 218 valence electrons. The van der Waals surface area contributed by atoms with Crippen molar-refractivity contribution in [1.29, 1.82) is 0 Å². The molecule has 11 heteroatoms. The van der Waals surface area contributed by atoms with Crippen molar-refractivity contribution in [1.82, 2.24) is 15.1 Å². The van der Waals surface area contributed by atoms with E-state index in [2.05, 4.69) is 10.0 Å². The maximum Gasteiger partial charge on any atom is 0.317 e. The first-order chi connectivity index (χ1) is 19.1. The molecule has 2 aliphatic rings. The van der Waals surface area contributed by atoms with E-state index in [9.17, 15) is 23.1 Å². The standard InChI is InChI=1S/C29H40N4O6S/c1-20-17-33(21(2)19-34)28(35)25-16-23(31-40(37,38)24-12-8-5-9-13-24)14-15-26(25)39-27(20)18-32(3)29(36)30-22-10-6-4-7-11-22/h5,8-9,12-16,20-22,27,31,34H,4,6-7,10-11,17-19H2,1-3H3,(H,30,36)/t20-,21-,27+/m0/s1. The van der Waals surface area contributed by atoms with E-state index in [-0.39, 0.29) is 53.2 Å². The molecule has 40 heavy (non-hydrogen) atoms. The Morgan fingerprint density at radius 1 is 1.15 bits per heavy atom. The molecule has 3 atom stereocenters. The Morgan fingerprint density at radius 3 is 2.52 bits per heavy atom. The first-order valence-corrected chi connectivity index (χ1v) is 15.4. The van der Waals surface area contributed by atoms with Gasteiger partial charge >= 0.3 is 6.03 Å². The molecule has 0 spiro atoms. The van der Waals surface area contributed by atoms with Crippen LogP contribution in [0.25, 0.3) is 0 Å². The number of sulfonamides is 1. The van der Waals surface area contributed by atoms with E-state index in [1.165, 1.54) is 24.6 Å². The monoisotopic (exact) mass is 572 g/mol. The first kappa shape index (κ1) is 29.7. The molecule has 2 aromatic rings. The highest BCUT2D eigenvalue weighted by molar-refractivity contribution is 7.92. The second-order valence-corrected chi connectivity index (χ2v) is 12.6. The number of rotatable bonds is 8. The molecule has 1 fully saturated rings. The Labute approximate surface area is 236 Å². The number of hydrogen-bond donors (Lipinski definition) is 3. The average Bonchev–Trinajstić information content (AvgIpc) is 2.95. The summed E-state index contributed by atoms with van der Waals surface area (Å²) in [6.07, 6.45) is 4.95. The zero-order valence-electron chi connectivity index (χ0n) is 23.4. The zero-order valence-corrected chi connectivity index (χ0v) is 24.2. The molecular weight excluding hydrogens is 532 g/mol. The molecule has 1 aliphatic carbocycles. The summed E-state index contributed by atoms with van der Waals surface area (Å²) in [6.45, 7) is 4.06. The van der Waals surface area contributed by atoms with Crippen molar-refractivity contribution in [3.05, 3.63) is 54.1 Å². The van der Waals surface area contributed by atoms with E-state index >= 15 is 0 Å². The van der Waals surface area contributed by atoms with Crippen molar-refractivity contribution < 1.29 is 27.9 Å². The van der Waals surface area contributed by atoms with Gasteiger partial charge in [-0.3, -0.25) is 9.52 Å². The Balaban J connectivity index is 1.59. The number of carbonyl (C=O) groups is 2. The summed E-state index contributed by atoms with van der Waals surface area (Å²) in [4.78, 5) is 29.9. The van der Waals surface area contributed by atoms with Gasteiger partial charge in [-0.2, -0.15) is 0 Å². The van der Waals surface area contributed by atoms with Crippen LogP contribution in [0.15, 0.2) is 53.4 Å². The molecule has 0 aromatic heterocycles. The lowest BCUT2D eigenvalue weighted by molar-refractivity contribution is 0.0366. The quantitative estimate of drug-likeness (QED) is 0.443. The Bertz CT molecular complexity index is 1280. The second-order valence-electron chi connectivity index (χ2n) is 10.9. The van der Waals surface area contributed by atoms with Gasteiger partial charge in [-0.25, -0.2) is 13.2 Å². The lowest BCUT2D eigenvalue weighted by Gasteiger charge is -2.38. The van der Waals surface area contributed by atoms with Crippen LogP contribution < -0.4 is 14.8 Å². The summed E-state index contributed by atoms with van der Waals surface area (Å²) in [5.41, 5.74) is 0.394. The van der Waals surface area contributed by atoms with Crippen LogP contribution >= 0.6 is 0 Å². The van der Waals surface area contributed by atoms with Gasteiger partial charge in [-0.05, 0) is 50.1 Å². The van der Waals surface area contributed by atoms with Crippen molar-refractivity contribution >= 4 is 27.6 Å². The zero-order chi connectivity index (χ0) is 28.9. The fourth-order valence-corrected chi connectivity index (χ4v) is 6.27. The van der Waals surface area contributed by atoms with E-state index in [0.29, 0.717) is 12.3 Å². The molecule has 10 nitrogen and oxygen atoms in total. The summed E-state index contributed by atoms with van der Waals surface area (Å²) >= 11 is 0. The molecular formula is C29H40N4O6S. The molecule has 0 radical (unpaired) electrons. The van der Waals surface area contributed by atoms with Crippen molar-refractivity contribution in [2.45, 2.75) is 69.0 Å². The molecule has 2 aromatic carbocycles. The van der Waals surface area contributed by atoms with Gasteiger partial charge < -0.3 is 25.0 Å². The number of aliphatic hydroxyl groups excluding tert-OH is 1. The van der Waals surface area contributed by atoms with Gasteiger partial charge in [-0.1, -0.05) is 44.4 Å². The number of nitrogens with zero attached hydrogens (tertiary/aromatic N) is 2. The minimum Gasteiger partial charge on any atom is -0.487 e. The Kier molecular flexibility index (Phi) is 9.57. The molecule has 1 saturated carbocycles. The highest BCUT2D eigenvalue weighted by Gasteiger charge is 2.34. The van der Waals surface area contributed by atoms with Gasteiger partial charge in [0, 0.05) is 31.2 Å². The van der Waals surface area contributed by atoms with E-state index < -0.39 is 22.2 Å². The largest absolute Gasteiger partial charge is 0.487 e. The number of benzene rings is 2. The predicted molar refractivity (Wildman–Crippen MR) is 153 cm³/mol. The molecule has 0 unspecified atom stereocenters. The normalized spacial score (nSPS) is 20.9. The number of anilines is 1. The number of aliphatic hydroxyl groups is 1. The van der Waals surface area contributed by atoms with Crippen LogP contribution in [-0.2, 0) is 10.0 Å². The summed E-state index contributed by atoms with van der Waals surface area (Å²) in [7, 11) is -2.14. The van der Waals surface area contributed by atoms with Crippen LogP contribution in [0.5, 0.6) is 5.75 Å². The van der Waals surface area contributed by atoms with Gasteiger partial charge in [0.1, 0.15) is 11.9 Å². The second kappa shape index (κ2) is 12.9. The maximum atomic E-state index is 13.7. The number of ether oxygens (including phenoxy) is 1. The van der Waals surface area contributed by atoms with Crippen LogP contribution in [0, 0.1) is 5.92 Å². The highest BCUT2D eigenvalue weighted by Crippen LogP contribution is 2.31. The minimum absolute atomic E-state index is 0.100. The predicted octanol–water partition coefficient (Wildman–Crippen LogP) is 3.68. The van der Waals surface area contributed by atoms with Gasteiger partial charge in [0.25, 0.3) is 15.9 Å². The van der Waals surface area contributed by atoms with Gasteiger partial charge in [0.05, 0.1) is 29.7 Å². The van der Waals surface area contributed by atoms with Gasteiger partial charge in [0.2, 0.25) is 0 Å². The van der Waals surface area contributed by atoms with E-state index in [1.54, 1.807) is 54.1 Å². The van der Waals surface area contributed by atoms with E-state index in [4.69, 9.17) is 4.74 Å². The van der Waals surface area contributed by atoms with Crippen molar-refractivity contribution in [2.24, 2.45) is 5.92 Å². The fraction of sp³-hybridized carbons (Fsp3) is 0.517. The van der Waals surface area contributed by atoms with Crippen LogP contribution in [-0.4, -0.2) is 80.2 Å². The van der Waals surface area contributed by atoms with Crippen molar-refractivity contribution in [2.75, 3.05) is 31.5 Å². The van der Waals surface area contributed by atoms with Gasteiger partial charge in [0.15, 0.2) is 0 Å². The fourth-order valence-electron chi connectivity index (χ4n) is 5.20. The molecule has 1 heterocycles. The van der Waals surface area contributed by atoms with Crippen LogP contribution in [0.1, 0.15) is 56.3 Å². The third-order valence-corrected chi connectivity index (χ3v) is 9.10. The molecule has 3 amide bonds. The smallest absolute Gasteiger partial charge is 0.317 e.